The molecule has 0 radical (unpaired) electrons. The van der Waals surface area contributed by atoms with Gasteiger partial charge in [0.2, 0.25) is 0 Å². The third-order valence-electron chi connectivity index (χ3n) is 4.80. The van der Waals surface area contributed by atoms with Gasteiger partial charge in [0.1, 0.15) is 11.1 Å². The number of carbonyl (C=O) groups excluding carboxylic acids is 1. The van der Waals surface area contributed by atoms with Crippen molar-refractivity contribution in [3.05, 3.63) is 108 Å². The molecule has 0 aliphatic carbocycles. The van der Waals surface area contributed by atoms with Gasteiger partial charge in [-0.15, -0.1) is 0 Å². The van der Waals surface area contributed by atoms with E-state index in [0.29, 0.717) is 27.4 Å². The molecule has 1 atom stereocenters. The second-order valence-corrected chi connectivity index (χ2v) is 7.90. The van der Waals surface area contributed by atoms with Crippen LogP contribution in [-0.2, 0) is 4.79 Å². The van der Waals surface area contributed by atoms with E-state index in [1.54, 1.807) is 24.3 Å². The molecule has 1 aromatic heterocycles. The number of pyridine rings is 1. The molecule has 4 nitrogen and oxygen atoms in total. The molecule has 0 aliphatic heterocycles. The van der Waals surface area contributed by atoms with Crippen molar-refractivity contribution in [2.24, 2.45) is 0 Å². The van der Waals surface area contributed by atoms with Crippen LogP contribution in [-0.4, -0.2) is 11.0 Å². The summed E-state index contributed by atoms with van der Waals surface area (Å²) >= 11 is 1.02. The summed E-state index contributed by atoms with van der Waals surface area (Å²) in [5, 5.41) is 21.3. The number of aliphatic carboxylic acids is 1. The van der Waals surface area contributed by atoms with Gasteiger partial charge in [-0.25, -0.2) is 4.98 Å². The second kappa shape index (κ2) is 9.29. The summed E-state index contributed by atoms with van der Waals surface area (Å²) in [4.78, 5) is 16.7. The molecule has 31 heavy (non-hydrogen) atoms. The predicted molar refractivity (Wildman–Crippen MR) is 120 cm³/mol. The van der Waals surface area contributed by atoms with Gasteiger partial charge in [-0.3, -0.25) is 0 Å². The topological polar surface area (TPSA) is 76.8 Å². The average Bonchev–Trinajstić information content (AvgIpc) is 2.83. The van der Waals surface area contributed by atoms with Crippen molar-refractivity contribution < 1.29 is 9.90 Å². The van der Waals surface area contributed by atoms with Gasteiger partial charge < -0.3 is 9.90 Å². The van der Waals surface area contributed by atoms with Gasteiger partial charge in [0.25, 0.3) is 0 Å². The lowest BCUT2D eigenvalue weighted by Crippen LogP contribution is -2.28. The lowest BCUT2D eigenvalue weighted by atomic mass is 9.99. The number of thioether (sulfide) groups is 1. The molecule has 0 N–H and O–H groups in total. The number of aromatic nitrogens is 1. The fraction of sp³-hybridized carbons (Fsp3) is 0.0385. The number of carbonyl (C=O) groups is 1. The van der Waals surface area contributed by atoms with Crippen LogP contribution in [0.15, 0.2) is 102 Å². The van der Waals surface area contributed by atoms with E-state index < -0.39 is 11.2 Å². The summed E-state index contributed by atoms with van der Waals surface area (Å²) in [6.45, 7) is 0. The molecule has 5 heteroatoms. The Balaban J connectivity index is 1.90. The van der Waals surface area contributed by atoms with Gasteiger partial charge in [-0.1, -0.05) is 103 Å². The van der Waals surface area contributed by atoms with Gasteiger partial charge in [-0.05, 0) is 17.2 Å². The van der Waals surface area contributed by atoms with Crippen LogP contribution in [0.5, 0.6) is 0 Å². The highest BCUT2D eigenvalue weighted by Crippen LogP contribution is 2.40. The van der Waals surface area contributed by atoms with E-state index in [2.05, 4.69) is 6.07 Å². The molecule has 0 saturated heterocycles. The quantitative estimate of drug-likeness (QED) is 0.415. The van der Waals surface area contributed by atoms with E-state index in [4.69, 9.17) is 4.98 Å². The minimum atomic E-state index is -1.23. The van der Waals surface area contributed by atoms with E-state index in [1.807, 2.05) is 72.8 Å². The Kier molecular flexibility index (Phi) is 6.11. The number of rotatable bonds is 6. The number of nitriles is 1. The Morgan fingerprint density at radius 3 is 1.97 bits per heavy atom. The van der Waals surface area contributed by atoms with Crippen molar-refractivity contribution in [1.29, 1.82) is 5.26 Å². The molecule has 0 fully saturated rings. The number of hydrogen-bond acceptors (Lipinski definition) is 5. The summed E-state index contributed by atoms with van der Waals surface area (Å²) in [5.41, 5.74) is 4.07. The number of hydrogen-bond donors (Lipinski definition) is 0. The molecular formula is C26H17N2O2S-. The fourth-order valence-electron chi connectivity index (χ4n) is 3.31. The first-order valence-electron chi connectivity index (χ1n) is 9.66. The monoisotopic (exact) mass is 421 g/mol. The second-order valence-electron chi connectivity index (χ2n) is 6.81. The Labute approximate surface area is 184 Å². The Hall–Kier alpha value is -3.88. The van der Waals surface area contributed by atoms with Gasteiger partial charge in [0.05, 0.1) is 22.5 Å². The third-order valence-corrected chi connectivity index (χ3v) is 6.02. The van der Waals surface area contributed by atoms with Crippen LogP contribution >= 0.6 is 11.8 Å². The van der Waals surface area contributed by atoms with Crippen molar-refractivity contribution in [1.82, 2.24) is 4.98 Å². The van der Waals surface area contributed by atoms with Gasteiger partial charge >= 0.3 is 0 Å². The Bertz CT molecular complexity index is 1240. The molecule has 0 aliphatic rings. The molecule has 0 spiro atoms. The minimum absolute atomic E-state index is 0.345. The zero-order valence-corrected chi connectivity index (χ0v) is 17.3. The van der Waals surface area contributed by atoms with Crippen molar-refractivity contribution in [2.75, 3.05) is 0 Å². The number of carboxylic acids is 1. The van der Waals surface area contributed by atoms with Crippen molar-refractivity contribution >= 4 is 17.7 Å². The van der Waals surface area contributed by atoms with Crippen molar-refractivity contribution in [3.8, 4) is 28.5 Å². The van der Waals surface area contributed by atoms with Gasteiger partial charge in [-0.2, -0.15) is 5.26 Å². The van der Waals surface area contributed by atoms with Crippen molar-refractivity contribution in [3.63, 3.8) is 0 Å². The molecule has 1 heterocycles. The van der Waals surface area contributed by atoms with E-state index in [-0.39, 0.29) is 0 Å². The Morgan fingerprint density at radius 1 is 0.871 bits per heavy atom. The van der Waals surface area contributed by atoms with Crippen LogP contribution in [0.2, 0.25) is 0 Å². The summed E-state index contributed by atoms with van der Waals surface area (Å²) in [7, 11) is 0. The largest absolute Gasteiger partial charge is 0.549 e. The van der Waals surface area contributed by atoms with Gasteiger partial charge in [0, 0.05) is 11.1 Å². The number of nitrogens with zero attached hydrogens (tertiary/aromatic N) is 2. The first-order chi connectivity index (χ1) is 15.2. The Morgan fingerprint density at radius 2 is 1.42 bits per heavy atom. The van der Waals surface area contributed by atoms with Crippen LogP contribution in [0.25, 0.3) is 22.4 Å². The highest BCUT2D eigenvalue weighted by molar-refractivity contribution is 8.00. The van der Waals surface area contributed by atoms with Crippen LogP contribution in [0.4, 0.5) is 0 Å². The van der Waals surface area contributed by atoms with Crippen LogP contribution in [0, 0.1) is 11.3 Å². The number of benzene rings is 3. The zero-order valence-electron chi connectivity index (χ0n) is 16.4. The maximum absolute atomic E-state index is 12.0. The van der Waals surface area contributed by atoms with Crippen LogP contribution in [0.1, 0.15) is 16.4 Å². The first kappa shape index (κ1) is 20.4. The van der Waals surface area contributed by atoms with Gasteiger partial charge in [0.15, 0.2) is 0 Å². The van der Waals surface area contributed by atoms with Crippen molar-refractivity contribution in [2.45, 2.75) is 10.3 Å². The number of carboxylic acid groups (broad SMARTS) is 1. The van der Waals surface area contributed by atoms with Crippen LogP contribution < -0.4 is 5.11 Å². The summed E-state index contributed by atoms with van der Waals surface area (Å²) in [6, 6.07) is 32.1. The molecule has 1 unspecified atom stereocenters. The van der Waals surface area contributed by atoms with E-state index >= 15 is 0 Å². The smallest absolute Gasteiger partial charge is 0.116 e. The molecular weight excluding hydrogens is 404 g/mol. The lowest BCUT2D eigenvalue weighted by molar-refractivity contribution is -0.305. The maximum Gasteiger partial charge on any atom is 0.116 e. The highest BCUT2D eigenvalue weighted by Gasteiger charge is 2.21. The van der Waals surface area contributed by atoms with E-state index in [0.717, 1.165) is 22.9 Å². The SMILES string of the molecule is N#Cc1c(-c2ccccc2)cc(-c2ccccc2)nc1SC(C(=O)[O-])c1ccccc1. The highest BCUT2D eigenvalue weighted by atomic mass is 32.2. The molecule has 0 saturated carbocycles. The predicted octanol–water partition coefficient (Wildman–Crippen LogP) is 4.87. The normalized spacial score (nSPS) is 11.5. The van der Waals surface area contributed by atoms with Crippen LogP contribution in [0.3, 0.4) is 0 Å². The maximum atomic E-state index is 12.0. The molecule has 0 amide bonds. The third kappa shape index (κ3) is 4.50. The minimum Gasteiger partial charge on any atom is -0.549 e. The first-order valence-corrected chi connectivity index (χ1v) is 10.5. The molecule has 3 aromatic carbocycles. The molecule has 150 valence electrons. The standard InChI is InChI=1S/C26H18N2O2S/c27-17-22-21(18-10-4-1-5-11-18)16-23(19-12-6-2-7-13-19)28-25(22)31-24(26(29)30)20-14-8-3-9-15-20/h1-16,24H,(H,29,30)/p-1. The van der Waals surface area contributed by atoms with E-state index in [9.17, 15) is 15.2 Å². The molecule has 4 rings (SSSR count). The summed E-state index contributed by atoms with van der Waals surface area (Å²) in [6.07, 6.45) is 0. The van der Waals surface area contributed by atoms with E-state index in [1.165, 1.54) is 0 Å². The lowest BCUT2D eigenvalue weighted by Gasteiger charge is -2.20. The summed E-state index contributed by atoms with van der Waals surface area (Å²) in [5.74, 6) is -1.23. The summed E-state index contributed by atoms with van der Waals surface area (Å²) < 4.78 is 0. The fourth-order valence-corrected chi connectivity index (χ4v) is 4.35. The molecule has 4 aromatic rings. The zero-order chi connectivity index (χ0) is 21.6. The molecule has 0 bridgehead atoms. The average molecular weight is 422 g/mol.